The highest BCUT2D eigenvalue weighted by molar-refractivity contribution is 6.46. The Morgan fingerprint density at radius 1 is 1.20 bits per heavy atom. The average Bonchev–Trinajstić information content (AvgIpc) is 3.14. The number of hydrazone groups is 1. The molecule has 2 amide bonds. The van der Waals surface area contributed by atoms with Crippen LogP contribution in [0.25, 0.3) is 0 Å². The minimum Gasteiger partial charge on any atom is -0.345 e. The van der Waals surface area contributed by atoms with Gasteiger partial charge >= 0.3 is 0 Å². The van der Waals surface area contributed by atoms with E-state index in [0.29, 0.717) is 24.0 Å². The fourth-order valence-electron chi connectivity index (χ4n) is 5.14. The van der Waals surface area contributed by atoms with E-state index in [1.807, 2.05) is 24.0 Å². The number of amidine groups is 1. The second kappa shape index (κ2) is 12.5. The van der Waals surface area contributed by atoms with Crippen LogP contribution in [0.15, 0.2) is 63.7 Å². The molecule has 214 valence electrons. The Labute approximate surface area is 235 Å². The molecule has 0 aliphatic carbocycles. The molecule has 2 aromatic rings. The maximum atomic E-state index is 14.1. The van der Waals surface area contributed by atoms with E-state index in [1.165, 1.54) is 12.1 Å². The van der Waals surface area contributed by atoms with Crippen LogP contribution in [0.2, 0.25) is 0 Å². The van der Waals surface area contributed by atoms with Crippen LogP contribution in [-0.2, 0) is 4.79 Å². The Kier molecular flexibility index (Phi) is 9.55. The lowest BCUT2D eigenvalue weighted by atomic mass is 9.85. The summed E-state index contributed by atoms with van der Waals surface area (Å²) in [5.41, 5.74) is 8.23. The summed E-state index contributed by atoms with van der Waals surface area (Å²) >= 11 is 0. The van der Waals surface area contributed by atoms with Crippen LogP contribution in [-0.4, -0.2) is 40.5 Å². The van der Waals surface area contributed by atoms with E-state index < -0.39 is 11.5 Å². The maximum absolute atomic E-state index is 14.1. The lowest BCUT2D eigenvalue weighted by Gasteiger charge is -2.41. The maximum Gasteiger partial charge on any atom is 0.275 e. The monoisotopic (exact) mass is 549 g/mol. The Bertz CT molecular complexity index is 1300. The number of halogens is 1. The number of aliphatic imine (C=N–C) groups is 1. The summed E-state index contributed by atoms with van der Waals surface area (Å²) in [7, 11) is 0. The number of benzene rings is 2. The van der Waals surface area contributed by atoms with E-state index in [2.05, 4.69) is 50.2 Å². The van der Waals surface area contributed by atoms with Crippen molar-refractivity contribution in [2.24, 2.45) is 32.4 Å². The summed E-state index contributed by atoms with van der Waals surface area (Å²) in [6.07, 6.45) is 2.16. The lowest BCUT2D eigenvalue weighted by Crippen LogP contribution is -2.48. The molecule has 1 aliphatic heterocycles. The van der Waals surface area contributed by atoms with Crippen LogP contribution < -0.4 is 11.2 Å². The molecule has 9 nitrogen and oxygen atoms in total. The molecule has 2 aromatic carbocycles. The second-order valence-electron chi connectivity index (χ2n) is 12.0. The molecule has 10 heteroatoms. The molecule has 40 heavy (non-hydrogen) atoms. The number of amides is 2. The number of rotatable bonds is 10. The highest BCUT2D eigenvalue weighted by atomic mass is 19.1. The fraction of sp³-hybridized carbons (Fsp3) is 0.467. The van der Waals surface area contributed by atoms with Crippen molar-refractivity contribution in [2.45, 2.75) is 72.5 Å². The van der Waals surface area contributed by atoms with Gasteiger partial charge < -0.3 is 16.1 Å². The summed E-state index contributed by atoms with van der Waals surface area (Å²) in [6, 6.07) is 12.8. The molecule has 0 bridgehead atoms. The number of nitrogens with one attached hydrogen (secondary N) is 2. The first-order valence-corrected chi connectivity index (χ1v) is 13.5. The van der Waals surface area contributed by atoms with E-state index in [9.17, 15) is 14.0 Å². The quantitative estimate of drug-likeness (QED) is 0.113. The summed E-state index contributed by atoms with van der Waals surface area (Å²) < 4.78 is 14.1. The Morgan fingerprint density at radius 2 is 1.88 bits per heavy atom. The highest BCUT2D eigenvalue weighted by Gasteiger charge is 2.48. The topological polar surface area (TPSA) is 136 Å². The summed E-state index contributed by atoms with van der Waals surface area (Å²) in [5, 5.41) is 9.15. The van der Waals surface area contributed by atoms with Crippen molar-refractivity contribution in [3.05, 3.63) is 71.0 Å². The van der Waals surface area contributed by atoms with Gasteiger partial charge in [0, 0.05) is 11.1 Å². The molecule has 0 fully saturated rings. The molecule has 0 saturated heterocycles. The van der Waals surface area contributed by atoms with Gasteiger partial charge in [0.2, 0.25) is 0 Å². The van der Waals surface area contributed by atoms with Crippen molar-refractivity contribution in [3.63, 3.8) is 0 Å². The molecular formula is C30H40FN7O2. The number of carbonyl (C=O) groups is 2. The predicted molar refractivity (Wildman–Crippen MR) is 155 cm³/mol. The van der Waals surface area contributed by atoms with Gasteiger partial charge in [-0.3, -0.25) is 14.6 Å². The second-order valence-corrected chi connectivity index (χ2v) is 12.0. The summed E-state index contributed by atoms with van der Waals surface area (Å²) in [4.78, 5) is 33.6. The average molecular weight is 550 g/mol. The van der Waals surface area contributed by atoms with E-state index in [4.69, 9.17) is 16.4 Å². The molecule has 0 aromatic heterocycles. The Morgan fingerprint density at radius 3 is 2.42 bits per heavy atom. The van der Waals surface area contributed by atoms with Gasteiger partial charge in [-0.2, -0.15) is 5.10 Å². The molecule has 0 saturated carbocycles. The van der Waals surface area contributed by atoms with Crippen molar-refractivity contribution in [3.8, 4) is 0 Å². The fourth-order valence-corrected chi connectivity index (χ4v) is 5.14. The predicted octanol–water partition coefficient (Wildman–Crippen LogP) is 5.82. The smallest absolute Gasteiger partial charge is 0.275 e. The summed E-state index contributed by atoms with van der Waals surface area (Å²) in [5.74, 6) is 4.40. The summed E-state index contributed by atoms with van der Waals surface area (Å²) in [6.45, 7) is 12.6. The van der Waals surface area contributed by atoms with E-state index in [-0.39, 0.29) is 47.3 Å². The number of hydrogen-bond acceptors (Lipinski definition) is 6. The first-order valence-electron chi connectivity index (χ1n) is 13.5. The number of hydrogen-bond donors (Lipinski definition) is 3. The molecule has 1 unspecified atom stereocenters. The molecule has 1 aliphatic rings. The third-order valence-electron chi connectivity index (χ3n) is 6.91. The van der Waals surface area contributed by atoms with Crippen molar-refractivity contribution >= 4 is 23.4 Å². The van der Waals surface area contributed by atoms with E-state index >= 15 is 0 Å². The first kappa shape index (κ1) is 30.6. The standard InChI is InChI=1S/C30H40FN7O2/c1-19(2)17-30(6)35-26(22-8-7-9-23(31)16-22)28(40)38(30)24(14-15-29(3,4)5)20-10-12-21(13-11-20)27(39)34-18-25(36-32)37-33/h7-13,16,19,24,32H,14-15,17-18,33H2,1-6H3,(H,34,39)/t24-,30?/m1/s1. The normalized spacial score (nSPS) is 18.6. The third kappa shape index (κ3) is 7.37. The van der Waals surface area contributed by atoms with Gasteiger partial charge in [-0.15, -0.1) is 5.11 Å². The van der Waals surface area contributed by atoms with Crippen molar-refractivity contribution in [1.82, 2.24) is 10.2 Å². The Hall–Kier alpha value is -3.95. The van der Waals surface area contributed by atoms with Crippen LogP contribution in [0.3, 0.4) is 0 Å². The zero-order valence-electron chi connectivity index (χ0n) is 24.2. The van der Waals surface area contributed by atoms with Gasteiger partial charge in [0.1, 0.15) is 17.2 Å². The third-order valence-corrected chi connectivity index (χ3v) is 6.91. The molecular weight excluding hydrogens is 509 g/mol. The minimum absolute atomic E-state index is 0.00157. The molecule has 2 atom stereocenters. The SMILES string of the molecule is CC(C)CC1(C)N=C(c2cccc(F)c2)C(=O)N1[C@H](CCC(C)(C)C)c1ccc(C(=O)NCC(N=N)=NN)cc1. The number of nitrogens with zero attached hydrogens (tertiary/aromatic N) is 4. The minimum atomic E-state index is -0.830. The zero-order valence-corrected chi connectivity index (χ0v) is 24.2. The molecule has 0 radical (unpaired) electrons. The zero-order chi connectivity index (χ0) is 29.7. The van der Waals surface area contributed by atoms with Crippen molar-refractivity contribution < 1.29 is 14.0 Å². The van der Waals surface area contributed by atoms with Gasteiger partial charge in [0.25, 0.3) is 11.8 Å². The van der Waals surface area contributed by atoms with E-state index in [0.717, 1.165) is 12.0 Å². The first-order chi connectivity index (χ1) is 18.8. The van der Waals surface area contributed by atoms with E-state index in [1.54, 1.807) is 24.3 Å². The van der Waals surface area contributed by atoms with Crippen LogP contribution in [0.4, 0.5) is 4.39 Å². The van der Waals surface area contributed by atoms with Crippen LogP contribution >= 0.6 is 0 Å². The largest absolute Gasteiger partial charge is 0.345 e. The highest BCUT2D eigenvalue weighted by Crippen LogP contribution is 2.42. The number of nitrogens with two attached hydrogens (primary N) is 1. The molecule has 1 heterocycles. The molecule has 4 N–H and O–H groups in total. The molecule has 0 spiro atoms. The van der Waals surface area contributed by atoms with Gasteiger partial charge in [-0.1, -0.05) is 58.9 Å². The Balaban J connectivity index is 2.01. The lowest BCUT2D eigenvalue weighted by molar-refractivity contribution is -0.131. The van der Waals surface area contributed by atoms with Gasteiger partial charge in [0.15, 0.2) is 5.84 Å². The van der Waals surface area contributed by atoms with Crippen molar-refractivity contribution in [2.75, 3.05) is 6.54 Å². The van der Waals surface area contributed by atoms with Crippen LogP contribution in [0.1, 0.15) is 88.3 Å². The van der Waals surface area contributed by atoms with Crippen LogP contribution in [0, 0.1) is 22.7 Å². The van der Waals surface area contributed by atoms with Crippen LogP contribution in [0.5, 0.6) is 0 Å². The van der Waals surface area contributed by atoms with Gasteiger partial charge in [0.05, 0.1) is 12.6 Å². The van der Waals surface area contributed by atoms with Gasteiger partial charge in [-0.05, 0) is 67.3 Å². The van der Waals surface area contributed by atoms with Crippen molar-refractivity contribution in [1.29, 1.82) is 5.53 Å². The van der Waals surface area contributed by atoms with Gasteiger partial charge in [-0.25, -0.2) is 9.92 Å². The number of carbonyl (C=O) groups excluding carboxylic acids is 2. The molecule has 3 rings (SSSR count).